The van der Waals surface area contributed by atoms with E-state index in [0.29, 0.717) is 36.3 Å². The molecule has 0 bridgehead atoms. The number of aromatic nitrogens is 1. The number of primary amides is 1. The molecule has 1 aliphatic heterocycles. The Morgan fingerprint density at radius 2 is 1.55 bits per heavy atom. The molecule has 0 spiro atoms. The Balaban J connectivity index is 1.75. The van der Waals surface area contributed by atoms with Gasteiger partial charge in [-0.15, -0.1) is 0 Å². The summed E-state index contributed by atoms with van der Waals surface area (Å²) in [6.45, 7) is 1.01. The summed E-state index contributed by atoms with van der Waals surface area (Å²) in [6.07, 6.45) is 2.01. The van der Waals surface area contributed by atoms with Gasteiger partial charge in [-0.05, 0) is 50.7 Å². The predicted octanol–water partition coefficient (Wildman–Crippen LogP) is -1.82. The minimum atomic E-state index is -1.77. The minimum absolute atomic E-state index is 0.0260. The molecule has 27 heteroatoms. The predicted molar refractivity (Wildman–Crippen MR) is 261 cm³/mol. The number of benzene rings is 1. The van der Waals surface area contributed by atoms with Gasteiger partial charge in [-0.1, -0.05) is 39.8 Å². The van der Waals surface area contributed by atoms with Crippen molar-refractivity contribution in [3.8, 4) is 0 Å². The molecule has 0 radical (unpaired) electrons. The fourth-order valence-electron chi connectivity index (χ4n) is 7.06. The molecule has 1 aromatic heterocycles. The van der Waals surface area contributed by atoms with Crippen molar-refractivity contribution in [1.29, 1.82) is 0 Å². The second kappa shape index (κ2) is 29.0. The first kappa shape index (κ1) is 57.1. The van der Waals surface area contributed by atoms with Gasteiger partial charge in [0.25, 0.3) is 0 Å². The maximum absolute atomic E-state index is 14.4. The Labute approximate surface area is 411 Å². The molecule has 8 amide bonds. The lowest BCUT2D eigenvalue weighted by atomic mass is 10.0. The van der Waals surface area contributed by atoms with Crippen molar-refractivity contribution in [2.45, 2.75) is 101 Å². The van der Waals surface area contributed by atoms with Crippen molar-refractivity contribution in [1.82, 2.24) is 41.4 Å². The number of guanidine groups is 1. The molecule has 1 aromatic carbocycles. The zero-order chi connectivity index (χ0) is 51.2. The van der Waals surface area contributed by atoms with E-state index in [0.717, 1.165) is 10.9 Å². The number of unbranched alkanes of at least 4 members (excludes halogenated alkanes) is 1. The molecular weight excluding hydrogens is 961 g/mol. The number of rotatable bonds is 30. The van der Waals surface area contributed by atoms with Crippen LogP contribution in [0.1, 0.15) is 63.9 Å². The van der Waals surface area contributed by atoms with Gasteiger partial charge in [-0.3, -0.25) is 52.9 Å². The van der Waals surface area contributed by atoms with E-state index in [-0.39, 0.29) is 62.8 Å². The molecule has 1 saturated heterocycles. The van der Waals surface area contributed by atoms with E-state index in [1.54, 1.807) is 30.5 Å². The van der Waals surface area contributed by atoms with E-state index in [1.165, 1.54) is 45.4 Å². The SMILES string of the molecule is C[C@@H](C(=O)N[C@@H](CCCCN=C(N)N)C(=O)NCC(=O)N[C@@H](CC(=O)O)C(=O)N[C@@H](Cc1c[nH]c2ccccc12)C(=O)N1CCC[C@H]1C(=O)N[C@@H](CS)C(N)=O)N(C)C(=O)CCSSCCC(=O)O. The molecule has 3 rings (SSSR count). The highest BCUT2D eigenvalue weighted by molar-refractivity contribution is 8.76. The molecular formula is C42H62N12O12S3. The smallest absolute Gasteiger partial charge is 0.305 e. The number of nitrogens with two attached hydrogens (primary N) is 3. The molecule has 14 N–H and O–H groups in total. The molecule has 2 aromatic rings. The van der Waals surface area contributed by atoms with Crippen LogP contribution >= 0.6 is 34.2 Å². The highest BCUT2D eigenvalue weighted by Gasteiger charge is 2.40. The van der Waals surface area contributed by atoms with E-state index in [4.69, 9.17) is 22.3 Å². The number of para-hydroxylation sites is 1. The molecule has 6 atom stereocenters. The van der Waals surface area contributed by atoms with E-state index < -0.39 is 103 Å². The Morgan fingerprint density at radius 1 is 0.870 bits per heavy atom. The Hall–Kier alpha value is -6.22. The number of aliphatic imine (C=N–C) groups is 1. The monoisotopic (exact) mass is 1020 g/mol. The first-order valence-electron chi connectivity index (χ1n) is 22.0. The van der Waals surface area contributed by atoms with Crippen molar-refractivity contribution in [2.75, 3.05) is 43.9 Å². The van der Waals surface area contributed by atoms with Crippen LogP contribution in [0.15, 0.2) is 35.5 Å². The number of thiol groups is 1. The van der Waals surface area contributed by atoms with Gasteiger partial charge in [-0.25, -0.2) is 0 Å². The Bertz CT molecular complexity index is 2190. The minimum Gasteiger partial charge on any atom is -0.481 e. The summed E-state index contributed by atoms with van der Waals surface area (Å²) in [5.74, 6) is -8.06. The summed E-state index contributed by atoms with van der Waals surface area (Å²) >= 11 is 4.07. The lowest BCUT2D eigenvalue weighted by molar-refractivity contribution is -0.143. The molecule has 24 nitrogen and oxygen atoms in total. The van der Waals surface area contributed by atoms with Crippen LogP contribution in [-0.2, 0) is 54.4 Å². The summed E-state index contributed by atoms with van der Waals surface area (Å²) < 4.78 is 0. The molecule has 1 aliphatic rings. The van der Waals surface area contributed by atoms with E-state index >= 15 is 0 Å². The average molecular weight is 1020 g/mol. The molecule has 2 heterocycles. The highest BCUT2D eigenvalue weighted by atomic mass is 33.1. The number of likely N-dealkylation sites (N-methyl/N-ethyl adjacent to an activating group) is 1. The summed E-state index contributed by atoms with van der Waals surface area (Å²) in [5.41, 5.74) is 17.5. The van der Waals surface area contributed by atoms with Crippen LogP contribution in [0.4, 0.5) is 0 Å². The highest BCUT2D eigenvalue weighted by Crippen LogP contribution is 2.24. The number of nitrogens with one attached hydrogen (secondary N) is 6. The quantitative estimate of drug-likeness (QED) is 0.0135. The second-order valence-corrected chi connectivity index (χ2v) is 19.0. The third-order valence-electron chi connectivity index (χ3n) is 10.9. The van der Waals surface area contributed by atoms with Crippen molar-refractivity contribution < 1.29 is 58.2 Å². The van der Waals surface area contributed by atoms with Crippen molar-refractivity contribution in [3.05, 3.63) is 36.0 Å². The molecule has 0 unspecified atom stereocenters. The number of aliphatic carboxylic acids is 2. The van der Waals surface area contributed by atoms with Crippen molar-refractivity contribution >= 4 is 110 Å². The van der Waals surface area contributed by atoms with Gasteiger partial charge in [0.1, 0.15) is 36.3 Å². The third kappa shape index (κ3) is 19.0. The Morgan fingerprint density at radius 3 is 2.20 bits per heavy atom. The standard InChI is InChI=1S/C42H62N12O12S3/c1-23(53(2)33(56)12-16-68-69-17-13-34(57)58)37(62)50-27(10-5-6-14-46-42(44)45)38(63)48-21-32(55)49-28(19-35(59)60)39(64)51-29(18-24-20-47-26-9-4-3-8-25(24)26)41(66)54-15-7-11-31(54)40(65)52-30(22-67)36(43)61/h3-4,8-9,20,23,27-31,47,67H,5-7,10-19,21-22H2,1-2H3,(H2,43,61)(H,48,63)(H,49,55)(H,50,62)(H,51,64)(H,52,65)(H,57,58)(H,59,60)(H4,44,45,46)/t23-,27-,28-,29-,30-,31-/m0/s1. The first-order chi connectivity index (χ1) is 32.7. The number of aromatic amines is 1. The van der Waals surface area contributed by atoms with Crippen molar-refractivity contribution in [2.24, 2.45) is 22.2 Å². The molecule has 69 heavy (non-hydrogen) atoms. The van der Waals surface area contributed by atoms with Gasteiger partial charge < -0.3 is 68.8 Å². The number of hydrogen-bond donors (Lipinski definition) is 12. The second-order valence-electron chi connectivity index (χ2n) is 16.0. The van der Waals surface area contributed by atoms with E-state index in [2.05, 4.69) is 49.2 Å². The van der Waals surface area contributed by atoms with Crippen molar-refractivity contribution in [3.63, 3.8) is 0 Å². The maximum atomic E-state index is 14.4. The van der Waals surface area contributed by atoms with Crippen LogP contribution in [0.25, 0.3) is 10.9 Å². The zero-order valence-electron chi connectivity index (χ0n) is 38.3. The van der Waals surface area contributed by atoms with Crippen LogP contribution in [0.3, 0.4) is 0 Å². The zero-order valence-corrected chi connectivity index (χ0v) is 40.8. The fourth-order valence-corrected chi connectivity index (χ4v) is 9.29. The van der Waals surface area contributed by atoms with Gasteiger partial charge in [0.2, 0.25) is 47.3 Å². The normalized spacial score (nSPS) is 15.3. The first-order valence-corrected chi connectivity index (χ1v) is 25.1. The van der Waals surface area contributed by atoms with Crippen LogP contribution in [-0.4, -0.2) is 170 Å². The number of H-pyrrole nitrogens is 1. The van der Waals surface area contributed by atoms with Gasteiger partial charge in [0, 0.05) is 67.3 Å². The molecule has 0 aliphatic carbocycles. The number of amides is 8. The number of fused-ring (bicyclic) bond motifs is 1. The Kier molecular flexibility index (Phi) is 24.0. The summed E-state index contributed by atoms with van der Waals surface area (Å²) in [6, 6.07) is -0.430. The van der Waals surface area contributed by atoms with Gasteiger partial charge in [0.15, 0.2) is 5.96 Å². The molecule has 380 valence electrons. The van der Waals surface area contributed by atoms with E-state index in [1.807, 2.05) is 0 Å². The lowest BCUT2D eigenvalue weighted by Crippen LogP contribution is -2.59. The van der Waals surface area contributed by atoms with E-state index in [9.17, 15) is 53.1 Å². The topological polar surface area (TPSA) is 384 Å². The van der Waals surface area contributed by atoms with Gasteiger partial charge >= 0.3 is 11.9 Å². The average Bonchev–Trinajstić information content (AvgIpc) is 3.96. The number of carboxylic acid groups (broad SMARTS) is 2. The largest absolute Gasteiger partial charge is 0.481 e. The van der Waals surface area contributed by atoms with Crippen LogP contribution < -0.4 is 43.8 Å². The number of carbonyl (C=O) groups excluding carboxylic acids is 8. The van der Waals surface area contributed by atoms with Crippen LogP contribution in [0.5, 0.6) is 0 Å². The summed E-state index contributed by atoms with van der Waals surface area (Å²) in [5, 5.41) is 31.7. The summed E-state index contributed by atoms with van der Waals surface area (Å²) in [4.78, 5) is 139. The number of hydrogen-bond acceptors (Lipinski definition) is 14. The fraction of sp³-hybridized carbons (Fsp3) is 0.548. The number of nitrogens with zero attached hydrogens (tertiary/aromatic N) is 3. The maximum Gasteiger partial charge on any atom is 0.305 e. The third-order valence-corrected chi connectivity index (χ3v) is 13.7. The number of likely N-dealkylation sites (tertiary alicyclic amines) is 1. The summed E-state index contributed by atoms with van der Waals surface area (Å²) in [7, 11) is 4.05. The van der Waals surface area contributed by atoms with Crippen LogP contribution in [0.2, 0.25) is 0 Å². The lowest BCUT2D eigenvalue weighted by Gasteiger charge is -2.30. The van der Waals surface area contributed by atoms with Gasteiger partial charge in [0.05, 0.1) is 19.4 Å². The molecule has 1 fully saturated rings. The number of carboxylic acids is 2. The van der Waals surface area contributed by atoms with Crippen LogP contribution in [0, 0.1) is 0 Å². The number of carbonyl (C=O) groups is 10. The molecule has 0 saturated carbocycles. The van der Waals surface area contributed by atoms with Gasteiger partial charge in [-0.2, -0.15) is 12.6 Å².